The molecule has 0 saturated heterocycles. The number of aliphatic hydroxyl groups excluding tert-OH is 1. The molecule has 1 saturated carbocycles. The number of thioether (sulfide) groups is 1. The molecule has 14 heavy (non-hydrogen) atoms. The normalized spacial score (nSPS) is 20.8. The number of nitrogens with one attached hydrogen (secondary N) is 1. The molecular weight excluding hydrogens is 194 g/mol. The predicted molar refractivity (Wildman–Crippen MR) is 63.8 cm³/mol. The summed E-state index contributed by atoms with van der Waals surface area (Å²) in [5.74, 6) is 3.00. The fourth-order valence-corrected chi connectivity index (χ4v) is 3.26. The van der Waals surface area contributed by atoms with Crippen molar-refractivity contribution in [2.24, 2.45) is 5.92 Å². The fraction of sp³-hybridized carbons (Fsp3) is 1.00. The number of hydrogen-bond donors (Lipinski definition) is 2. The van der Waals surface area contributed by atoms with Gasteiger partial charge in [0, 0.05) is 5.75 Å². The van der Waals surface area contributed by atoms with Crippen LogP contribution in [0.1, 0.15) is 32.6 Å². The van der Waals surface area contributed by atoms with Gasteiger partial charge in [-0.05, 0) is 38.0 Å². The van der Waals surface area contributed by atoms with Crippen LogP contribution in [0.4, 0.5) is 0 Å². The van der Waals surface area contributed by atoms with Crippen LogP contribution in [-0.2, 0) is 0 Å². The van der Waals surface area contributed by atoms with Gasteiger partial charge in [-0.15, -0.1) is 0 Å². The van der Waals surface area contributed by atoms with Gasteiger partial charge >= 0.3 is 0 Å². The summed E-state index contributed by atoms with van der Waals surface area (Å²) in [7, 11) is 1.98. The minimum atomic E-state index is 0.0123. The fourth-order valence-electron chi connectivity index (χ4n) is 1.78. The number of unbranched alkanes of at least 4 members (excludes halogenated alkanes) is 1. The molecule has 0 aliphatic heterocycles. The summed E-state index contributed by atoms with van der Waals surface area (Å²) in [6.45, 7) is 2.51. The topological polar surface area (TPSA) is 32.3 Å². The Hall–Kier alpha value is 0.270. The zero-order chi connectivity index (χ0) is 10.4. The molecule has 3 heteroatoms. The van der Waals surface area contributed by atoms with Crippen molar-refractivity contribution in [2.75, 3.05) is 25.2 Å². The molecule has 0 aromatic carbocycles. The lowest BCUT2D eigenvalue weighted by Crippen LogP contribution is -2.51. The van der Waals surface area contributed by atoms with Crippen molar-refractivity contribution in [1.29, 1.82) is 0 Å². The molecule has 0 radical (unpaired) electrons. The van der Waals surface area contributed by atoms with E-state index in [0.29, 0.717) is 5.92 Å². The van der Waals surface area contributed by atoms with E-state index in [1.54, 1.807) is 0 Å². The molecule has 0 spiro atoms. The van der Waals surface area contributed by atoms with Crippen LogP contribution in [0.15, 0.2) is 0 Å². The predicted octanol–water partition coefficient (Wildman–Crippen LogP) is 1.88. The first-order chi connectivity index (χ1) is 6.79. The third-order valence-electron chi connectivity index (χ3n) is 3.14. The van der Waals surface area contributed by atoms with Crippen LogP contribution in [-0.4, -0.2) is 35.8 Å². The second-order valence-corrected chi connectivity index (χ2v) is 5.35. The van der Waals surface area contributed by atoms with Gasteiger partial charge in [-0.2, -0.15) is 11.8 Å². The number of hydrogen-bond acceptors (Lipinski definition) is 3. The van der Waals surface area contributed by atoms with Crippen LogP contribution in [0, 0.1) is 5.92 Å². The zero-order valence-electron chi connectivity index (χ0n) is 9.38. The van der Waals surface area contributed by atoms with Crippen molar-refractivity contribution < 1.29 is 5.11 Å². The first-order valence-corrected chi connectivity index (χ1v) is 6.82. The van der Waals surface area contributed by atoms with E-state index in [1.165, 1.54) is 31.4 Å². The van der Waals surface area contributed by atoms with Gasteiger partial charge in [0.05, 0.1) is 12.1 Å². The summed E-state index contributed by atoms with van der Waals surface area (Å²) in [6, 6.07) is 0. The number of likely N-dealkylation sites (N-methyl/N-ethyl adjacent to an activating group) is 1. The molecule has 1 aliphatic carbocycles. The number of rotatable bonds is 8. The van der Waals surface area contributed by atoms with Gasteiger partial charge in [-0.1, -0.05) is 13.3 Å². The van der Waals surface area contributed by atoms with Gasteiger partial charge < -0.3 is 10.4 Å². The summed E-state index contributed by atoms with van der Waals surface area (Å²) in [4.78, 5) is 0. The summed E-state index contributed by atoms with van der Waals surface area (Å²) >= 11 is 1.98. The quantitative estimate of drug-likeness (QED) is 0.609. The summed E-state index contributed by atoms with van der Waals surface area (Å²) in [5, 5.41) is 12.8. The molecule has 1 aliphatic rings. The number of aliphatic hydroxyl groups is 1. The van der Waals surface area contributed by atoms with E-state index in [9.17, 15) is 5.11 Å². The van der Waals surface area contributed by atoms with Gasteiger partial charge in [-0.3, -0.25) is 0 Å². The van der Waals surface area contributed by atoms with Crippen LogP contribution >= 0.6 is 11.8 Å². The average Bonchev–Trinajstić information content (AvgIpc) is 3.03. The Morgan fingerprint density at radius 3 is 2.64 bits per heavy atom. The average molecular weight is 217 g/mol. The Morgan fingerprint density at radius 1 is 1.50 bits per heavy atom. The lowest BCUT2D eigenvalue weighted by atomic mass is 9.97. The maximum absolute atomic E-state index is 9.47. The molecule has 0 heterocycles. The standard InChI is InChI=1S/C11H23NOS/c1-3-4-7-14-9-11(8-13,12-2)10-5-6-10/h10,12-13H,3-9H2,1-2H3. The molecular formula is C11H23NOS. The Labute approximate surface area is 91.9 Å². The van der Waals surface area contributed by atoms with Crippen molar-refractivity contribution in [3.8, 4) is 0 Å². The van der Waals surface area contributed by atoms with E-state index in [-0.39, 0.29) is 12.1 Å². The van der Waals surface area contributed by atoms with Crippen molar-refractivity contribution >= 4 is 11.8 Å². The summed E-state index contributed by atoms with van der Waals surface area (Å²) in [5.41, 5.74) is 0.0123. The Kier molecular flexibility index (Phi) is 5.28. The van der Waals surface area contributed by atoms with Gasteiger partial charge in [-0.25, -0.2) is 0 Å². The molecule has 1 fully saturated rings. The summed E-state index contributed by atoms with van der Waals surface area (Å²) in [6.07, 6.45) is 5.13. The van der Waals surface area contributed by atoms with Crippen molar-refractivity contribution in [3.05, 3.63) is 0 Å². The first kappa shape index (κ1) is 12.3. The van der Waals surface area contributed by atoms with Crippen molar-refractivity contribution in [2.45, 2.75) is 38.1 Å². The Bertz CT molecular complexity index is 155. The molecule has 2 N–H and O–H groups in total. The smallest absolute Gasteiger partial charge is 0.0624 e. The highest BCUT2D eigenvalue weighted by molar-refractivity contribution is 7.99. The lowest BCUT2D eigenvalue weighted by molar-refractivity contribution is 0.167. The maximum Gasteiger partial charge on any atom is 0.0624 e. The van der Waals surface area contributed by atoms with Gasteiger partial charge in [0.25, 0.3) is 0 Å². The highest BCUT2D eigenvalue weighted by Crippen LogP contribution is 2.41. The van der Waals surface area contributed by atoms with E-state index < -0.39 is 0 Å². The molecule has 2 nitrogen and oxygen atoms in total. The van der Waals surface area contributed by atoms with Crippen molar-refractivity contribution in [3.63, 3.8) is 0 Å². The minimum Gasteiger partial charge on any atom is -0.394 e. The van der Waals surface area contributed by atoms with E-state index in [4.69, 9.17) is 0 Å². The SMILES string of the molecule is CCCCSCC(CO)(NC)C1CC1. The third kappa shape index (κ3) is 3.14. The van der Waals surface area contributed by atoms with Crippen LogP contribution in [0.5, 0.6) is 0 Å². The molecule has 0 bridgehead atoms. The highest BCUT2D eigenvalue weighted by atomic mass is 32.2. The lowest BCUT2D eigenvalue weighted by Gasteiger charge is -2.31. The first-order valence-electron chi connectivity index (χ1n) is 5.66. The maximum atomic E-state index is 9.47. The molecule has 1 atom stereocenters. The third-order valence-corrected chi connectivity index (χ3v) is 4.44. The molecule has 0 aromatic heterocycles. The van der Waals surface area contributed by atoms with Gasteiger partial charge in [0.2, 0.25) is 0 Å². The monoisotopic (exact) mass is 217 g/mol. The molecule has 0 amide bonds. The molecule has 84 valence electrons. The zero-order valence-corrected chi connectivity index (χ0v) is 10.2. The van der Waals surface area contributed by atoms with Crippen LogP contribution in [0.2, 0.25) is 0 Å². The highest BCUT2D eigenvalue weighted by Gasteiger charge is 2.43. The van der Waals surface area contributed by atoms with E-state index in [0.717, 1.165) is 5.75 Å². The van der Waals surface area contributed by atoms with E-state index in [2.05, 4.69) is 12.2 Å². The van der Waals surface area contributed by atoms with Crippen LogP contribution < -0.4 is 5.32 Å². The second kappa shape index (κ2) is 5.99. The van der Waals surface area contributed by atoms with Crippen molar-refractivity contribution in [1.82, 2.24) is 5.32 Å². The van der Waals surface area contributed by atoms with Gasteiger partial charge in [0.1, 0.15) is 0 Å². The van der Waals surface area contributed by atoms with E-state index >= 15 is 0 Å². The van der Waals surface area contributed by atoms with E-state index in [1.807, 2.05) is 18.8 Å². The van der Waals surface area contributed by atoms with Crippen LogP contribution in [0.25, 0.3) is 0 Å². The second-order valence-electron chi connectivity index (χ2n) is 4.24. The molecule has 0 aromatic rings. The van der Waals surface area contributed by atoms with Crippen LogP contribution in [0.3, 0.4) is 0 Å². The Balaban J connectivity index is 2.27. The van der Waals surface area contributed by atoms with Gasteiger partial charge in [0.15, 0.2) is 0 Å². The Morgan fingerprint density at radius 2 is 2.21 bits per heavy atom. The largest absolute Gasteiger partial charge is 0.394 e. The minimum absolute atomic E-state index is 0.0123. The molecule has 1 unspecified atom stereocenters. The molecule has 1 rings (SSSR count). The summed E-state index contributed by atoms with van der Waals surface area (Å²) < 4.78 is 0.